The minimum absolute atomic E-state index is 0.0925. The van der Waals surface area contributed by atoms with E-state index in [9.17, 15) is 9.90 Å². The molecule has 1 unspecified atom stereocenters. The van der Waals surface area contributed by atoms with Gasteiger partial charge in [-0.1, -0.05) is 84.9 Å². The van der Waals surface area contributed by atoms with Crippen molar-refractivity contribution in [2.75, 3.05) is 26.3 Å². The molecule has 5 rings (SSSR count). The SMILES string of the molecule is O=C(N1CCOCC(Cc2cncc3ccccc23)C1)C(O)(c1ccccc1)c1ccccc1. The molecular formula is C29H28N2O3. The van der Waals surface area contributed by atoms with Crippen molar-refractivity contribution in [2.45, 2.75) is 12.0 Å². The Hall–Kier alpha value is -3.54. The van der Waals surface area contributed by atoms with Crippen molar-refractivity contribution >= 4 is 16.7 Å². The van der Waals surface area contributed by atoms with Crippen LogP contribution in [0.1, 0.15) is 16.7 Å². The van der Waals surface area contributed by atoms with Crippen molar-refractivity contribution in [3.05, 3.63) is 114 Å². The summed E-state index contributed by atoms with van der Waals surface area (Å²) in [6.45, 7) is 1.94. The number of fused-ring (bicyclic) bond motifs is 1. The van der Waals surface area contributed by atoms with Crippen LogP contribution in [0, 0.1) is 5.92 Å². The molecule has 5 heteroatoms. The molecule has 0 bridgehead atoms. The maximum atomic E-state index is 14.0. The fourth-order valence-electron chi connectivity index (χ4n) is 4.84. The fraction of sp³-hybridized carbons (Fsp3) is 0.241. The van der Waals surface area contributed by atoms with Crippen molar-refractivity contribution in [1.82, 2.24) is 9.88 Å². The molecular weight excluding hydrogens is 424 g/mol. The van der Waals surface area contributed by atoms with E-state index in [2.05, 4.69) is 17.1 Å². The third kappa shape index (κ3) is 4.32. The Balaban J connectivity index is 1.45. The zero-order chi connectivity index (χ0) is 23.4. The lowest BCUT2D eigenvalue weighted by molar-refractivity contribution is -0.148. The average molecular weight is 453 g/mol. The number of carbonyl (C=O) groups excluding carboxylic acids is 1. The normalized spacial score (nSPS) is 16.9. The third-order valence-corrected chi connectivity index (χ3v) is 6.58. The third-order valence-electron chi connectivity index (χ3n) is 6.58. The van der Waals surface area contributed by atoms with Crippen LogP contribution in [0.15, 0.2) is 97.3 Å². The van der Waals surface area contributed by atoms with Crippen molar-refractivity contribution in [3.8, 4) is 0 Å². The van der Waals surface area contributed by atoms with Gasteiger partial charge in [-0.25, -0.2) is 0 Å². The molecule has 0 spiro atoms. The van der Waals surface area contributed by atoms with Gasteiger partial charge in [0.25, 0.3) is 5.91 Å². The molecule has 34 heavy (non-hydrogen) atoms. The predicted octanol–water partition coefficient (Wildman–Crippen LogP) is 4.19. The number of amides is 1. The minimum atomic E-state index is -1.77. The van der Waals surface area contributed by atoms with Crippen molar-refractivity contribution < 1.29 is 14.6 Å². The maximum absolute atomic E-state index is 14.0. The van der Waals surface area contributed by atoms with Crippen LogP contribution in [-0.2, 0) is 21.6 Å². The van der Waals surface area contributed by atoms with Gasteiger partial charge in [0.15, 0.2) is 5.60 Å². The number of pyridine rings is 1. The van der Waals surface area contributed by atoms with Crippen molar-refractivity contribution in [1.29, 1.82) is 0 Å². The Morgan fingerprint density at radius 3 is 2.29 bits per heavy atom. The molecule has 1 saturated heterocycles. The molecule has 0 radical (unpaired) electrons. The molecule has 0 saturated carbocycles. The Morgan fingerprint density at radius 2 is 1.59 bits per heavy atom. The van der Waals surface area contributed by atoms with Crippen LogP contribution in [0.5, 0.6) is 0 Å². The average Bonchev–Trinajstić information content (AvgIpc) is 3.14. The molecule has 172 valence electrons. The van der Waals surface area contributed by atoms with Gasteiger partial charge in [-0.05, 0) is 28.5 Å². The van der Waals surface area contributed by atoms with Gasteiger partial charge in [0.05, 0.1) is 13.2 Å². The molecule has 1 amide bonds. The highest BCUT2D eigenvalue weighted by Crippen LogP contribution is 2.33. The lowest BCUT2D eigenvalue weighted by Gasteiger charge is -2.34. The highest BCUT2D eigenvalue weighted by atomic mass is 16.5. The van der Waals surface area contributed by atoms with Gasteiger partial charge >= 0.3 is 0 Å². The first-order chi connectivity index (χ1) is 16.7. The topological polar surface area (TPSA) is 62.7 Å². The molecule has 1 aliphatic heterocycles. The van der Waals surface area contributed by atoms with Gasteiger partial charge in [0.2, 0.25) is 0 Å². The minimum Gasteiger partial charge on any atom is -0.379 e. The number of hydrogen-bond acceptors (Lipinski definition) is 4. The van der Waals surface area contributed by atoms with E-state index < -0.39 is 5.60 Å². The predicted molar refractivity (Wildman–Crippen MR) is 132 cm³/mol. The van der Waals surface area contributed by atoms with Crippen LogP contribution < -0.4 is 0 Å². The van der Waals surface area contributed by atoms with Gasteiger partial charge in [-0.15, -0.1) is 0 Å². The Labute approximate surface area is 199 Å². The van der Waals surface area contributed by atoms with Crippen LogP contribution in [0.25, 0.3) is 10.8 Å². The van der Waals surface area contributed by atoms with Crippen LogP contribution in [0.4, 0.5) is 0 Å². The Morgan fingerprint density at radius 1 is 0.941 bits per heavy atom. The molecule has 1 N–H and O–H groups in total. The molecule has 1 atom stereocenters. The highest BCUT2D eigenvalue weighted by molar-refractivity contribution is 5.90. The highest BCUT2D eigenvalue weighted by Gasteiger charge is 2.43. The fourth-order valence-corrected chi connectivity index (χ4v) is 4.84. The summed E-state index contributed by atoms with van der Waals surface area (Å²) in [6, 6.07) is 26.6. The van der Waals surface area contributed by atoms with Gasteiger partial charge < -0.3 is 14.7 Å². The summed E-state index contributed by atoms with van der Waals surface area (Å²) in [5.74, 6) is -0.230. The number of nitrogens with zero attached hydrogens (tertiary/aromatic N) is 2. The van der Waals surface area contributed by atoms with Crippen LogP contribution in [-0.4, -0.2) is 47.2 Å². The Bertz CT molecular complexity index is 1220. The standard InChI is InChI=1S/C29H28N2O3/c32-28(29(33,25-10-3-1-4-11-25)26-12-5-2-6-13-26)31-15-16-34-21-22(20-31)17-24-19-30-18-23-9-7-8-14-27(23)24/h1-14,18-19,22,33H,15-17,20-21H2. The van der Waals surface area contributed by atoms with E-state index in [1.807, 2.05) is 60.9 Å². The first kappa shape index (κ1) is 22.3. The number of rotatable bonds is 5. The number of hydrogen-bond donors (Lipinski definition) is 1. The van der Waals surface area contributed by atoms with Gasteiger partial charge in [-0.2, -0.15) is 0 Å². The number of ether oxygens (including phenoxy) is 1. The summed E-state index contributed by atoms with van der Waals surface area (Å²) in [6.07, 6.45) is 4.52. The van der Waals surface area contributed by atoms with E-state index in [4.69, 9.17) is 4.74 Å². The van der Waals surface area contributed by atoms with E-state index in [1.165, 1.54) is 5.39 Å². The second kappa shape index (κ2) is 9.75. The van der Waals surface area contributed by atoms with E-state index in [1.54, 1.807) is 29.2 Å². The van der Waals surface area contributed by atoms with Crippen LogP contribution in [0.2, 0.25) is 0 Å². The molecule has 1 fully saturated rings. The van der Waals surface area contributed by atoms with E-state index in [0.29, 0.717) is 37.4 Å². The van der Waals surface area contributed by atoms with E-state index >= 15 is 0 Å². The monoisotopic (exact) mass is 452 g/mol. The number of aromatic nitrogens is 1. The Kier molecular flexibility index (Phi) is 6.39. The summed E-state index contributed by atoms with van der Waals surface area (Å²) < 4.78 is 5.90. The number of benzene rings is 3. The van der Waals surface area contributed by atoms with Gasteiger partial charge in [0, 0.05) is 36.8 Å². The van der Waals surface area contributed by atoms with Crippen molar-refractivity contribution in [2.24, 2.45) is 5.92 Å². The smallest absolute Gasteiger partial charge is 0.264 e. The summed E-state index contributed by atoms with van der Waals surface area (Å²) in [7, 11) is 0. The summed E-state index contributed by atoms with van der Waals surface area (Å²) in [5, 5.41) is 14.2. The summed E-state index contributed by atoms with van der Waals surface area (Å²) in [4.78, 5) is 20.2. The zero-order valence-corrected chi connectivity index (χ0v) is 19.0. The lowest BCUT2D eigenvalue weighted by Crippen LogP contribution is -2.49. The van der Waals surface area contributed by atoms with Crippen LogP contribution in [0.3, 0.4) is 0 Å². The summed E-state index contributed by atoms with van der Waals surface area (Å²) >= 11 is 0. The second-order valence-corrected chi connectivity index (χ2v) is 8.86. The molecule has 2 heterocycles. The molecule has 1 aliphatic rings. The lowest BCUT2D eigenvalue weighted by atomic mass is 9.84. The maximum Gasteiger partial charge on any atom is 0.264 e. The largest absolute Gasteiger partial charge is 0.379 e. The summed E-state index contributed by atoms with van der Waals surface area (Å²) in [5.41, 5.74) is 0.498. The number of carbonyl (C=O) groups is 1. The van der Waals surface area contributed by atoms with Crippen LogP contribution >= 0.6 is 0 Å². The first-order valence-corrected chi connectivity index (χ1v) is 11.7. The van der Waals surface area contributed by atoms with Gasteiger partial charge in [0.1, 0.15) is 0 Å². The van der Waals surface area contributed by atoms with Crippen molar-refractivity contribution in [3.63, 3.8) is 0 Å². The molecule has 1 aromatic heterocycles. The van der Waals surface area contributed by atoms with E-state index in [0.717, 1.165) is 17.4 Å². The zero-order valence-electron chi connectivity index (χ0n) is 19.0. The molecule has 4 aromatic rings. The number of aliphatic hydroxyl groups is 1. The van der Waals surface area contributed by atoms with E-state index in [-0.39, 0.29) is 11.8 Å². The first-order valence-electron chi connectivity index (χ1n) is 11.7. The molecule has 0 aliphatic carbocycles. The molecule has 5 nitrogen and oxygen atoms in total. The quantitative estimate of drug-likeness (QED) is 0.493. The second-order valence-electron chi connectivity index (χ2n) is 8.86. The molecule has 3 aromatic carbocycles. The van der Waals surface area contributed by atoms with Gasteiger partial charge in [-0.3, -0.25) is 9.78 Å².